The first-order chi connectivity index (χ1) is 12.7. The number of nitrogens with one attached hydrogen (secondary N) is 2. The van der Waals surface area contributed by atoms with Crippen molar-refractivity contribution in [3.63, 3.8) is 0 Å². The maximum Gasteiger partial charge on any atom is 0.427 e. The SMILES string of the molecule is COc1cc(CNC(=N)N(C(=O)OC(C)(C)C)C(=O)OC(C)(C)C)ccc1F. The Morgan fingerprint density at radius 1 is 1.07 bits per heavy atom. The van der Waals surface area contributed by atoms with Crippen molar-refractivity contribution in [2.24, 2.45) is 0 Å². The first kappa shape index (κ1) is 23.2. The lowest BCUT2D eigenvalue weighted by Crippen LogP contribution is -2.51. The van der Waals surface area contributed by atoms with Gasteiger partial charge < -0.3 is 19.5 Å². The number of guanidine groups is 1. The fraction of sp³-hybridized carbons (Fsp3) is 0.526. The van der Waals surface area contributed by atoms with Gasteiger partial charge in [0.05, 0.1) is 7.11 Å². The molecule has 1 aromatic rings. The van der Waals surface area contributed by atoms with Crippen LogP contribution in [0.5, 0.6) is 5.75 Å². The molecule has 0 fully saturated rings. The molecule has 0 saturated carbocycles. The summed E-state index contributed by atoms with van der Waals surface area (Å²) in [4.78, 5) is 25.3. The molecule has 9 heteroatoms. The third-order valence-electron chi connectivity index (χ3n) is 3.05. The maximum absolute atomic E-state index is 13.5. The van der Waals surface area contributed by atoms with Crippen LogP contribution in [0.25, 0.3) is 0 Å². The van der Waals surface area contributed by atoms with Crippen LogP contribution in [0, 0.1) is 11.2 Å². The molecule has 1 rings (SSSR count). The molecular formula is C19H28FN3O5. The van der Waals surface area contributed by atoms with Crippen molar-refractivity contribution in [1.82, 2.24) is 10.2 Å². The second-order valence-electron chi connectivity index (χ2n) is 7.97. The molecule has 0 aliphatic heterocycles. The van der Waals surface area contributed by atoms with Crippen LogP contribution < -0.4 is 10.1 Å². The Hall–Kier alpha value is -2.84. The van der Waals surface area contributed by atoms with E-state index < -0.39 is 35.2 Å². The minimum Gasteiger partial charge on any atom is -0.494 e. The Bertz CT molecular complexity index is 710. The van der Waals surface area contributed by atoms with E-state index in [1.165, 1.54) is 25.3 Å². The number of nitrogens with zero attached hydrogens (tertiary/aromatic N) is 1. The van der Waals surface area contributed by atoms with Crippen LogP contribution in [-0.4, -0.2) is 41.4 Å². The number of ether oxygens (including phenoxy) is 3. The zero-order chi connectivity index (χ0) is 21.7. The lowest BCUT2D eigenvalue weighted by molar-refractivity contribution is 0.0140. The summed E-state index contributed by atoms with van der Waals surface area (Å²) in [5, 5.41) is 10.8. The summed E-state index contributed by atoms with van der Waals surface area (Å²) in [6, 6.07) is 4.16. The molecule has 156 valence electrons. The molecule has 1 aromatic carbocycles. The molecule has 2 amide bonds. The van der Waals surface area contributed by atoms with Gasteiger partial charge in [0.1, 0.15) is 11.2 Å². The fourth-order valence-electron chi connectivity index (χ4n) is 1.95. The van der Waals surface area contributed by atoms with Gasteiger partial charge in [0.15, 0.2) is 11.6 Å². The first-order valence-electron chi connectivity index (χ1n) is 8.64. The molecule has 0 spiro atoms. The molecule has 28 heavy (non-hydrogen) atoms. The predicted octanol–water partition coefficient (Wildman–Crippen LogP) is 4.03. The third-order valence-corrected chi connectivity index (χ3v) is 3.05. The quantitative estimate of drug-likeness (QED) is 0.590. The van der Waals surface area contributed by atoms with Gasteiger partial charge in [-0.05, 0) is 59.2 Å². The van der Waals surface area contributed by atoms with E-state index >= 15 is 0 Å². The highest BCUT2D eigenvalue weighted by Crippen LogP contribution is 2.18. The van der Waals surface area contributed by atoms with Gasteiger partial charge in [0.25, 0.3) is 0 Å². The summed E-state index contributed by atoms with van der Waals surface area (Å²) in [6.07, 6.45) is -2.09. The molecule has 0 aromatic heterocycles. The summed E-state index contributed by atoms with van der Waals surface area (Å²) >= 11 is 0. The smallest absolute Gasteiger partial charge is 0.427 e. The Morgan fingerprint density at radius 2 is 1.57 bits per heavy atom. The third kappa shape index (κ3) is 7.42. The van der Waals surface area contributed by atoms with Crippen molar-refractivity contribution in [3.8, 4) is 5.75 Å². The highest BCUT2D eigenvalue weighted by molar-refractivity contribution is 6.06. The molecule has 0 radical (unpaired) electrons. The van der Waals surface area contributed by atoms with Crippen LogP contribution in [0.4, 0.5) is 14.0 Å². The number of rotatable bonds is 3. The number of methoxy groups -OCH3 is 1. The van der Waals surface area contributed by atoms with Crippen molar-refractivity contribution in [2.75, 3.05) is 7.11 Å². The topological polar surface area (TPSA) is 101 Å². The molecule has 0 aliphatic carbocycles. The Morgan fingerprint density at radius 3 is 2.00 bits per heavy atom. The van der Waals surface area contributed by atoms with E-state index in [0.29, 0.717) is 10.5 Å². The molecule has 0 saturated heterocycles. The number of amides is 2. The van der Waals surface area contributed by atoms with Crippen molar-refractivity contribution in [2.45, 2.75) is 59.3 Å². The van der Waals surface area contributed by atoms with Gasteiger partial charge in [-0.3, -0.25) is 5.41 Å². The van der Waals surface area contributed by atoms with Crippen molar-refractivity contribution >= 4 is 18.1 Å². The van der Waals surface area contributed by atoms with Crippen molar-refractivity contribution < 1.29 is 28.2 Å². The lowest BCUT2D eigenvalue weighted by Gasteiger charge is -2.28. The summed E-state index contributed by atoms with van der Waals surface area (Å²) in [5.41, 5.74) is -1.17. The number of hydrogen-bond acceptors (Lipinski definition) is 6. The largest absolute Gasteiger partial charge is 0.494 e. The van der Waals surface area contributed by atoms with Crippen LogP contribution >= 0.6 is 0 Å². The molecule has 2 N–H and O–H groups in total. The first-order valence-corrected chi connectivity index (χ1v) is 8.64. The van der Waals surface area contributed by atoms with Gasteiger partial charge in [0, 0.05) is 6.54 Å². The maximum atomic E-state index is 13.5. The summed E-state index contributed by atoms with van der Waals surface area (Å²) in [6.45, 7) is 9.87. The highest BCUT2D eigenvalue weighted by Gasteiger charge is 2.34. The van der Waals surface area contributed by atoms with E-state index in [1.807, 2.05) is 0 Å². The van der Waals surface area contributed by atoms with Gasteiger partial charge in [0.2, 0.25) is 5.96 Å². The van der Waals surface area contributed by atoms with Gasteiger partial charge >= 0.3 is 12.2 Å². The number of carbonyl (C=O) groups is 2. The minimum absolute atomic E-state index is 0.0393. The van der Waals surface area contributed by atoms with Crippen molar-refractivity contribution in [3.05, 3.63) is 29.6 Å². The van der Waals surface area contributed by atoms with Gasteiger partial charge in [-0.15, -0.1) is 4.90 Å². The molecule has 0 heterocycles. The summed E-state index contributed by atoms with van der Waals surface area (Å²) < 4.78 is 28.8. The zero-order valence-corrected chi connectivity index (χ0v) is 17.3. The van der Waals surface area contributed by atoms with Gasteiger partial charge in [-0.1, -0.05) is 6.07 Å². The van der Waals surface area contributed by atoms with Crippen LogP contribution in [0.1, 0.15) is 47.1 Å². The minimum atomic E-state index is -1.05. The summed E-state index contributed by atoms with van der Waals surface area (Å²) in [7, 11) is 1.34. The monoisotopic (exact) mass is 397 g/mol. The van der Waals surface area contributed by atoms with Gasteiger partial charge in [-0.2, -0.15) is 0 Å². The molecule has 0 aliphatic rings. The van der Waals surface area contributed by atoms with E-state index in [-0.39, 0.29) is 12.3 Å². The Labute approximate surface area is 164 Å². The van der Waals surface area contributed by atoms with E-state index in [2.05, 4.69) is 5.32 Å². The van der Waals surface area contributed by atoms with E-state index in [4.69, 9.17) is 19.6 Å². The van der Waals surface area contributed by atoms with Crippen LogP contribution in [0.2, 0.25) is 0 Å². The normalized spacial score (nSPS) is 11.4. The van der Waals surface area contributed by atoms with Crippen LogP contribution in [0.3, 0.4) is 0 Å². The number of halogens is 1. The van der Waals surface area contributed by atoms with E-state index in [0.717, 1.165) is 0 Å². The van der Waals surface area contributed by atoms with Crippen LogP contribution in [-0.2, 0) is 16.0 Å². The molecule has 0 bridgehead atoms. The lowest BCUT2D eigenvalue weighted by atomic mass is 10.2. The van der Waals surface area contributed by atoms with Gasteiger partial charge in [-0.25, -0.2) is 14.0 Å². The number of carbonyl (C=O) groups excluding carboxylic acids is 2. The standard InChI is InChI=1S/C19H28FN3O5/c1-18(2,3)27-16(24)23(17(25)28-19(4,5)6)15(21)22-11-12-8-9-13(20)14(10-12)26-7/h8-10H,11H2,1-7H3,(H2,21,22). The number of imide groups is 1. The average Bonchev–Trinajstić information content (AvgIpc) is 2.50. The number of hydrogen-bond donors (Lipinski definition) is 2. The molecular weight excluding hydrogens is 369 g/mol. The van der Waals surface area contributed by atoms with E-state index in [9.17, 15) is 14.0 Å². The highest BCUT2D eigenvalue weighted by atomic mass is 19.1. The average molecular weight is 397 g/mol. The predicted molar refractivity (Wildman–Crippen MR) is 102 cm³/mol. The Balaban J connectivity index is 2.97. The van der Waals surface area contributed by atoms with Crippen LogP contribution in [0.15, 0.2) is 18.2 Å². The second kappa shape index (κ2) is 8.90. The zero-order valence-electron chi connectivity index (χ0n) is 17.3. The molecule has 0 atom stereocenters. The summed E-state index contributed by atoms with van der Waals surface area (Å²) in [5.74, 6) is -1.01. The molecule has 0 unspecified atom stereocenters. The second-order valence-corrected chi connectivity index (χ2v) is 7.97. The van der Waals surface area contributed by atoms with E-state index in [1.54, 1.807) is 41.5 Å². The Kier molecular flexibility index (Phi) is 7.37. The number of benzene rings is 1. The van der Waals surface area contributed by atoms with Crippen molar-refractivity contribution in [1.29, 1.82) is 5.41 Å². The fourth-order valence-corrected chi connectivity index (χ4v) is 1.95. The molecule has 8 nitrogen and oxygen atoms in total.